The van der Waals surface area contributed by atoms with Crippen LogP contribution in [0.3, 0.4) is 0 Å². The Balaban J connectivity index is 2.44. The van der Waals surface area contributed by atoms with E-state index in [4.69, 9.17) is 0 Å². The van der Waals surface area contributed by atoms with Crippen molar-refractivity contribution >= 4 is 0 Å². The monoisotopic (exact) mass is 209 g/mol. The fraction of sp³-hybridized carbons (Fsp3) is 0.500. The summed E-state index contributed by atoms with van der Waals surface area (Å²) < 4.78 is 0.717. The Kier molecular flexibility index (Phi) is 3.21. The Hall–Kier alpha value is 0.103. The van der Waals surface area contributed by atoms with Gasteiger partial charge in [0, 0.05) is 0 Å². The van der Waals surface area contributed by atoms with Crippen LogP contribution in [0.2, 0.25) is 4.51 Å². The first-order chi connectivity index (χ1) is 4.39. The van der Waals surface area contributed by atoms with E-state index in [0.717, 1.165) is 0 Å². The first kappa shape index (κ1) is 7.21. The molecule has 0 radical (unpaired) electrons. The van der Waals surface area contributed by atoms with Crippen molar-refractivity contribution in [1.82, 2.24) is 0 Å². The Bertz CT molecular complexity index is 125. The molecule has 0 saturated carbocycles. The maximum absolute atomic E-state index is 2.75. The molecule has 0 heterocycles. The minimum atomic E-state index is 0.717. The van der Waals surface area contributed by atoms with Crippen molar-refractivity contribution < 1.29 is 18.3 Å². The van der Waals surface area contributed by atoms with Gasteiger partial charge in [-0.2, -0.15) is 0 Å². The molecule has 0 spiro atoms. The summed E-state index contributed by atoms with van der Waals surface area (Å²) in [7, 11) is 0. The van der Waals surface area contributed by atoms with Gasteiger partial charge in [-0.05, 0) is 0 Å². The summed E-state index contributed by atoms with van der Waals surface area (Å²) in [5, 5.41) is 0. The second-order valence-corrected chi connectivity index (χ2v) is 3.53. The van der Waals surface area contributed by atoms with Gasteiger partial charge in [-0.15, -0.1) is 0 Å². The van der Waals surface area contributed by atoms with Gasteiger partial charge in [-0.1, -0.05) is 0 Å². The minimum absolute atomic E-state index is 0.717. The number of allylic oxidation sites excluding steroid dienone is 4. The number of rotatable bonds is 0. The quantitative estimate of drug-likeness (QED) is 0.537. The molecule has 1 aliphatic rings. The molecular formula is C8H11Ru. The topological polar surface area (TPSA) is 0 Å². The molecule has 1 atom stereocenters. The third kappa shape index (κ3) is 2.96. The Morgan fingerprint density at radius 2 is 2.22 bits per heavy atom. The van der Waals surface area contributed by atoms with Crippen molar-refractivity contribution in [3.8, 4) is 0 Å². The fourth-order valence-corrected chi connectivity index (χ4v) is 1.43. The summed E-state index contributed by atoms with van der Waals surface area (Å²) in [6.07, 6.45) is 12.6. The molecule has 0 nitrogen and oxygen atoms in total. The zero-order valence-corrected chi connectivity index (χ0v) is 7.10. The fourth-order valence-electron chi connectivity index (χ4n) is 0.879. The van der Waals surface area contributed by atoms with Gasteiger partial charge in [0.2, 0.25) is 0 Å². The molecule has 1 unspecified atom stereocenters. The van der Waals surface area contributed by atoms with Gasteiger partial charge < -0.3 is 0 Å². The molecular weight excluding hydrogens is 197 g/mol. The van der Waals surface area contributed by atoms with Crippen LogP contribution in [0.1, 0.15) is 19.3 Å². The predicted octanol–water partition coefficient (Wildman–Crippen LogP) is 2.62. The molecule has 0 aromatic heterocycles. The molecule has 1 aliphatic carbocycles. The van der Waals surface area contributed by atoms with E-state index in [9.17, 15) is 0 Å². The van der Waals surface area contributed by atoms with Crippen LogP contribution in [0.15, 0.2) is 24.3 Å². The standard InChI is InChI=1S/C8H11.Ru/c1-2-4-6-8-7-5-3-1;/h1-5H,6-8H2;/b2-1-,5-3-;. The van der Waals surface area contributed by atoms with Crippen molar-refractivity contribution in [2.45, 2.75) is 23.8 Å². The van der Waals surface area contributed by atoms with Crippen molar-refractivity contribution in [2.24, 2.45) is 0 Å². The van der Waals surface area contributed by atoms with Crippen LogP contribution in [-0.2, 0) is 18.3 Å². The zero-order chi connectivity index (χ0) is 6.53. The van der Waals surface area contributed by atoms with Crippen molar-refractivity contribution in [1.29, 1.82) is 0 Å². The van der Waals surface area contributed by atoms with Gasteiger partial charge in [0.05, 0.1) is 0 Å². The second-order valence-electron chi connectivity index (χ2n) is 2.24. The molecule has 0 amide bonds. The van der Waals surface area contributed by atoms with Crippen LogP contribution >= 0.6 is 0 Å². The third-order valence-electron chi connectivity index (χ3n) is 1.41. The second kappa shape index (κ2) is 4.01. The van der Waals surface area contributed by atoms with E-state index in [1.54, 1.807) is 0 Å². The Morgan fingerprint density at radius 1 is 1.33 bits per heavy atom. The molecule has 1 rings (SSSR count). The van der Waals surface area contributed by atoms with Gasteiger partial charge in [0.25, 0.3) is 0 Å². The van der Waals surface area contributed by atoms with E-state index in [1.807, 2.05) is 0 Å². The first-order valence-corrected chi connectivity index (χ1v) is 4.36. The van der Waals surface area contributed by atoms with Gasteiger partial charge in [-0.3, -0.25) is 0 Å². The third-order valence-corrected chi connectivity index (χ3v) is 2.24. The summed E-state index contributed by atoms with van der Waals surface area (Å²) in [6, 6.07) is 0. The molecule has 0 N–H and O–H groups in total. The van der Waals surface area contributed by atoms with Gasteiger partial charge in [0.15, 0.2) is 0 Å². The molecule has 0 aromatic carbocycles. The van der Waals surface area contributed by atoms with Crippen LogP contribution < -0.4 is 0 Å². The van der Waals surface area contributed by atoms with E-state index in [2.05, 4.69) is 42.6 Å². The molecule has 1 heteroatoms. The van der Waals surface area contributed by atoms with Crippen molar-refractivity contribution in [2.75, 3.05) is 0 Å². The molecule has 51 valence electrons. The Labute approximate surface area is 66.7 Å². The Morgan fingerprint density at radius 3 is 3.11 bits per heavy atom. The van der Waals surface area contributed by atoms with Crippen LogP contribution in [0, 0.1) is 0 Å². The first-order valence-electron chi connectivity index (χ1n) is 3.35. The average Bonchev–Trinajstić information content (AvgIpc) is 1.79. The SMILES string of the molecule is [Ru][CH]1/C=C\C=C/CCC1. The van der Waals surface area contributed by atoms with E-state index in [0.29, 0.717) is 4.51 Å². The summed E-state index contributed by atoms with van der Waals surface area (Å²) >= 11 is 2.75. The summed E-state index contributed by atoms with van der Waals surface area (Å²) in [5.41, 5.74) is 0. The van der Waals surface area contributed by atoms with Gasteiger partial charge in [-0.25, -0.2) is 0 Å². The summed E-state index contributed by atoms with van der Waals surface area (Å²) in [5.74, 6) is 0. The predicted molar refractivity (Wildman–Crippen MR) is 35.9 cm³/mol. The van der Waals surface area contributed by atoms with Gasteiger partial charge in [0.1, 0.15) is 0 Å². The molecule has 0 bridgehead atoms. The molecule has 0 aromatic rings. The van der Waals surface area contributed by atoms with Crippen LogP contribution in [0.4, 0.5) is 0 Å². The van der Waals surface area contributed by atoms with Crippen LogP contribution in [-0.4, -0.2) is 0 Å². The summed E-state index contributed by atoms with van der Waals surface area (Å²) in [6.45, 7) is 0. The van der Waals surface area contributed by atoms with E-state index < -0.39 is 0 Å². The van der Waals surface area contributed by atoms with Crippen molar-refractivity contribution in [3.05, 3.63) is 24.3 Å². The number of hydrogen-bond donors (Lipinski definition) is 0. The average molecular weight is 208 g/mol. The molecule has 0 fully saturated rings. The van der Waals surface area contributed by atoms with E-state index in [1.165, 1.54) is 19.3 Å². The number of hydrogen-bond acceptors (Lipinski definition) is 0. The van der Waals surface area contributed by atoms with E-state index in [-0.39, 0.29) is 0 Å². The van der Waals surface area contributed by atoms with Crippen molar-refractivity contribution in [3.63, 3.8) is 0 Å². The van der Waals surface area contributed by atoms with Crippen LogP contribution in [0.25, 0.3) is 0 Å². The van der Waals surface area contributed by atoms with Crippen LogP contribution in [0.5, 0.6) is 0 Å². The summed E-state index contributed by atoms with van der Waals surface area (Å²) in [4.78, 5) is 0. The maximum atomic E-state index is 2.75. The zero-order valence-electron chi connectivity index (χ0n) is 5.36. The molecule has 0 aliphatic heterocycles. The molecule has 9 heavy (non-hydrogen) atoms. The normalized spacial score (nSPS) is 34.6. The molecule has 0 saturated heterocycles. The van der Waals surface area contributed by atoms with E-state index >= 15 is 0 Å². The van der Waals surface area contributed by atoms with Gasteiger partial charge >= 0.3 is 66.4 Å².